The lowest BCUT2D eigenvalue weighted by molar-refractivity contribution is -0.120. The van der Waals surface area contributed by atoms with Gasteiger partial charge in [0.1, 0.15) is 0 Å². The van der Waals surface area contributed by atoms with Gasteiger partial charge in [0.05, 0.1) is 12.5 Å². The Bertz CT molecular complexity index is 593. The average Bonchev–Trinajstić information content (AvgIpc) is 2.99. The highest BCUT2D eigenvalue weighted by Crippen LogP contribution is 2.23. The van der Waals surface area contributed by atoms with Crippen LogP contribution in [0.5, 0.6) is 0 Å². The number of rotatable bonds is 5. The van der Waals surface area contributed by atoms with Crippen LogP contribution in [-0.2, 0) is 9.59 Å². The van der Waals surface area contributed by atoms with Gasteiger partial charge in [0.2, 0.25) is 11.8 Å². The molecule has 0 spiro atoms. The Hall–Kier alpha value is -1.73. The summed E-state index contributed by atoms with van der Waals surface area (Å²) in [4.78, 5) is 29.4. The molecule has 5 nitrogen and oxygen atoms in total. The summed E-state index contributed by atoms with van der Waals surface area (Å²) in [6.45, 7) is 3.38. The number of hydrogen-bond donors (Lipinski definition) is 2. The first-order valence-corrected chi connectivity index (χ1v) is 7.77. The van der Waals surface area contributed by atoms with Crippen LogP contribution >= 0.6 is 22.7 Å². The van der Waals surface area contributed by atoms with E-state index in [1.165, 1.54) is 29.6 Å². The van der Waals surface area contributed by atoms with Crippen molar-refractivity contribution >= 4 is 39.6 Å². The van der Waals surface area contributed by atoms with Crippen molar-refractivity contribution in [3.63, 3.8) is 0 Å². The van der Waals surface area contributed by atoms with Gasteiger partial charge in [-0.05, 0) is 18.4 Å². The number of amides is 2. The topological polar surface area (TPSA) is 71.1 Å². The molecule has 20 heavy (non-hydrogen) atoms. The number of aromatic nitrogens is 1. The second-order valence-electron chi connectivity index (χ2n) is 4.30. The summed E-state index contributed by atoms with van der Waals surface area (Å²) >= 11 is 2.94. The van der Waals surface area contributed by atoms with E-state index in [0.29, 0.717) is 5.13 Å². The van der Waals surface area contributed by atoms with Gasteiger partial charge in [-0.25, -0.2) is 4.98 Å². The Kier molecular flexibility index (Phi) is 4.86. The van der Waals surface area contributed by atoms with Crippen molar-refractivity contribution in [1.82, 2.24) is 10.3 Å². The molecule has 2 N–H and O–H groups in total. The summed E-state index contributed by atoms with van der Waals surface area (Å²) in [5, 5.41) is 8.05. The molecule has 0 fully saturated rings. The van der Waals surface area contributed by atoms with Crippen molar-refractivity contribution in [1.29, 1.82) is 0 Å². The van der Waals surface area contributed by atoms with Crippen LogP contribution in [0.1, 0.15) is 29.1 Å². The van der Waals surface area contributed by atoms with Crippen molar-refractivity contribution in [2.45, 2.75) is 26.3 Å². The lowest BCUT2D eigenvalue weighted by Gasteiger charge is -2.15. The molecule has 2 amide bonds. The Morgan fingerprint density at radius 2 is 2.25 bits per heavy atom. The summed E-state index contributed by atoms with van der Waals surface area (Å²) in [5.74, 6) is -0.312. The molecule has 2 aromatic heterocycles. The van der Waals surface area contributed by atoms with E-state index >= 15 is 0 Å². The van der Waals surface area contributed by atoms with Crippen molar-refractivity contribution in [3.05, 3.63) is 33.5 Å². The fraction of sp³-hybridized carbons (Fsp3) is 0.308. The highest BCUT2D eigenvalue weighted by molar-refractivity contribution is 7.15. The molecule has 0 aromatic carbocycles. The number of hydrogen-bond acceptors (Lipinski definition) is 5. The van der Waals surface area contributed by atoms with Gasteiger partial charge >= 0.3 is 0 Å². The molecular weight excluding hydrogens is 294 g/mol. The van der Waals surface area contributed by atoms with Crippen LogP contribution in [0, 0.1) is 6.92 Å². The van der Waals surface area contributed by atoms with Crippen LogP contribution in [-0.4, -0.2) is 16.8 Å². The van der Waals surface area contributed by atoms with Crippen molar-refractivity contribution in [2.75, 3.05) is 5.32 Å². The molecule has 2 heterocycles. The molecule has 0 aliphatic carbocycles. The largest absolute Gasteiger partial charge is 0.348 e. The van der Waals surface area contributed by atoms with Gasteiger partial charge in [-0.15, -0.1) is 22.7 Å². The first-order chi connectivity index (χ1) is 9.54. The normalized spacial score (nSPS) is 11.9. The maximum absolute atomic E-state index is 12.0. The van der Waals surface area contributed by atoms with E-state index < -0.39 is 0 Å². The molecule has 0 aliphatic heterocycles. The van der Waals surface area contributed by atoms with E-state index in [-0.39, 0.29) is 24.3 Å². The number of anilines is 1. The zero-order valence-electron chi connectivity index (χ0n) is 11.2. The molecule has 7 heteroatoms. The van der Waals surface area contributed by atoms with E-state index in [2.05, 4.69) is 15.6 Å². The summed E-state index contributed by atoms with van der Waals surface area (Å²) < 4.78 is 0. The van der Waals surface area contributed by atoms with E-state index in [1.807, 2.05) is 24.4 Å². The molecule has 0 radical (unpaired) electrons. The van der Waals surface area contributed by atoms with Gasteiger partial charge in [-0.3, -0.25) is 9.59 Å². The van der Waals surface area contributed by atoms with Crippen LogP contribution in [0.15, 0.2) is 23.7 Å². The maximum atomic E-state index is 12.0. The second kappa shape index (κ2) is 6.62. The minimum absolute atomic E-state index is 0.152. The smallest absolute Gasteiger partial charge is 0.228 e. The van der Waals surface area contributed by atoms with Gasteiger partial charge < -0.3 is 10.6 Å². The SMILES string of the molecule is CC(=O)NC(CC(=O)Nc1ncc(C)s1)c1cccs1. The average molecular weight is 309 g/mol. The van der Waals surface area contributed by atoms with Crippen molar-refractivity contribution in [3.8, 4) is 0 Å². The first-order valence-electron chi connectivity index (χ1n) is 6.07. The fourth-order valence-corrected chi connectivity index (χ4v) is 3.18. The molecule has 2 aromatic rings. The molecule has 2 rings (SSSR count). The number of thiazole rings is 1. The van der Waals surface area contributed by atoms with Crippen molar-refractivity contribution < 1.29 is 9.59 Å². The quantitative estimate of drug-likeness (QED) is 0.892. The van der Waals surface area contributed by atoms with Gasteiger partial charge in [0, 0.05) is 22.9 Å². The predicted octanol–water partition coefficient (Wildman–Crippen LogP) is 2.72. The Morgan fingerprint density at radius 1 is 1.45 bits per heavy atom. The van der Waals surface area contributed by atoms with Crippen LogP contribution in [0.25, 0.3) is 0 Å². The summed E-state index contributed by atoms with van der Waals surface area (Å²) in [6, 6.07) is 3.51. The first kappa shape index (κ1) is 14.7. The number of carbonyl (C=O) groups is 2. The van der Waals surface area contributed by atoms with Crippen molar-refractivity contribution in [2.24, 2.45) is 0 Å². The zero-order valence-corrected chi connectivity index (χ0v) is 12.8. The molecule has 1 atom stereocenters. The van der Waals surface area contributed by atoms with Gasteiger partial charge in [0.25, 0.3) is 0 Å². The third-order valence-electron chi connectivity index (χ3n) is 2.52. The lowest BCUT2D eigenvalue weighted by Crippen LogP contribution is -2.29. The summed E-state index contributed by atoms with van der Waals surface area (Å²) in [7, 11) is 0. The molecule has 0 saturated heterocycles. The molecule has 0 saturated carbocycles. The van der Waals surface area contributed by atoms with Crippen LogP contribution in [0.2, 0.25) is 0 Å². The Labute approximate surface area is 125 Å². The van der Waals surface area contributed by atoms with Crippen LogP contribution in [0.3, 0.4) is 0 Å². The lowest BCUT2D eigenvalue weighted by atomic mass is 10.1. The highest BCUT2D eigenvalue weighted by Gasteiger charge is 2.18. The molecule has 0 aliphatic rings. The van der Waals surface area contributed by atoms with Gasteiger partial charge in [-0.1, -0.05) is 6.07 Å². The third kappa shape index (κ3) is 4.14. The standard InChI is InChI=1S/C13H15N3O2S2/c1-8-7-14-13(20-8)16-12(18)6-10(15-9(2)17)11-4-3-5-19-11/h3-5,7,10H,6H2,1-2H3,(H,15,17)(H,14,16,18). The minimum atomic E-state index is -0.298. The predicted molar refractivity (Wildman–Crippen MR) is 81.0 cm³/mol. The number of thiophene rings is 1. The van der Waals surface area contributed by atoms with E-state index in [4.69, 9.17) is 0 Å². The van der Waals surface area contributed by atoms with Crippen LogP contribution in [0.4, 0.5) is 5.13 Å². The molecule has 106 valence electrons. The van der Waals surface area contributed by atoms with Gasteiger partial charge in [0.15, 0.2) is 5.13 Å². The molecular formula is C13H15N3O2S2. The molecule has 1 unspecified atom stereocenters. The van der Waals surface area contributed by atoms with E-state index in [1.54, 1.807) is 6.20 Å². The van der Waals surface area contributed by atoms with Crippen LogP contribution < -0.4 is 10.6 Å². The summed E-state index contributed by atoms with van der Waals surface area (Å²) in [5.41, 5.74) is 0. The number of nitrogens with one attached hydrogen (secondary N) is 2. The van der Waals surface area contributed by atoms with E-state index in [0.717, 1.165) is 9.75 Å². The Balaban J connectivity index is 2.00. The number of nitrogens with zero attached hydrogens (tertiary/aromatic N) is 1. The second-order valence-corrected chi connectivity index (χ2v) is 6.51. The zero-order chi connectivity index (χ0) is 14.5. The number of aryl methyl sites for hydroxylation is 1. The fourth-order valence-electron chi connectivity index (χ4n) is 1.73. The highest BCUT2D eigenvalue weighted by atomic mass is 32.1. The van der Waals surface area contributed by atoms with E-state index in [9.17, 15) is 9.59 Å². The third-order valence-corrected chi connectivity index (χ3v) is 4.34. The minimum Gasteiger partial charge on any atom is -0.348 e. The monoisotopic (exact) mass is 309 g/mol. The number of carbonyl (C=O) groups excluding carboxylic acids is 2. The summed E-state index contributed by atoms with van der Waals surface area (Å²) in [6.07, 6.45) is 1.91. The van der Waals surface area contributed by atoms with Gasteiger partial charge in [-0.2, -0.15) is 0 Å². The maximum Gasteiger partial charge on any atom is 0.228 e. The molecule has 0 bridgehead atoms. The Morgan fingerprint density at radius 3 is 2.80 bits per heavy atom.